The van der Waals surface area contributed by atoms with E-state index < -0.39 is 5.54 Å². The predicted octanol–water partition coefficient (Wildman–Crippen LogP) is 1.32. The molecule has 2 aromatic rings. The van der Waals surface area contributed by atoms with Crippen molar-refractivity contribution in [2.45, 2.75) is 5.54 Å². The average Bonchev–Trinajstić information content (AvgIpc) is 3.06. The average molecular weight is 354 g/mol. The third kappa shape index (κ3) is 2.19. The Morgan fingerprint density at radius 3 is 2.77 bits per heavy atom. The molecule has 1 aromatic heterocycles. The van der Waals surface area contributed by atoms with Crippen LogP contribution in [-0.2, 0) is 15.0 Å². The number of phenolic OH excluding ortho intramolecular Hbond substituents is 1. The van der Waals surface area contributed by atoms with Gasteiger partial charge in [-0.15, -0.1) is 0 Å². The SMILES string of the molecule is NC1=NC2(CO1)c1cc(O)ccc1Oc1ncc(N3CCOCC3)cc12. The molecule has 0 amide bonds. The number of benzene rings is 1. The van der Waals surface area contributed by atoms with Gasteiger partial charge in [-0.1, -0.05) is 0 Å². The molecular formula is C18H18N4O4. The van der Waals surface area contributed by atoms with Gasteiger partial charge in [-0.05, 0) is 24.3 Å². The number of aromatic nitrogens is 1. The summed E-state index contributed by atoms with van der Waals surface area (Å²) in [7, 11) is 0. The number of amidine groups is 1. The van der Waals surface area contributed by atoms with Gasteiger partial charge in [0.2, 0.25) is 5.88 Å². The number of phenols is 1. The lowest BCUT2D eigenvalue weighted by Crippen LogP contribution is -2.37. The van der Waals surface area contributed by atoms with Crippen LogP contribution < -0.4 is 15.4 Å². The van der Waals surface area contributed by atoms with Crippen LogP contribution in [-0.4, -0.2) is 49.0 Å². The summed E-state index contributed by atoms with van der Waals surface area (Å²) >= 11 is 0. The van der Waals surface area contributed by atoms with E-state index >= 15 is 0 Å². The molecule has 3 aliphatic heterocycles. The molecule has 3 N–H and O–H groups in total. The Morgan fingerprint density at radius 1 is 1.15 bits per heavy atom. The molecule has 0 bridgehead atoms. The van der Waals surface area contributed by atoms with E-state index in [-0.39, 0.29) is 18.4 Å². The highest BCUT2D eigenvalue weighted by atomic mass is 16.5. The molecule has 1 unspecified atom stereocenters. The highest BCUT2D eigenvalue weighted by Gasteiger charge is 2.48. The van der Waals surface area contributed by atoms with E-state index in [1.165, 1.54) is 0 Å². The van der Waals surface area contributed by atoms with Crippen LogP contribution in [0.5, 0.6) is 17.4 Å². The summed E-state index contributed by atoms with van der Waals surface area (Å²) in [6.07, 6.45) is 1.80. The monoisotopic (exact) mass is 354 g/mol. The molecule has 1 atom stereocenters. The number of rotatable bonds is 1. The summed E-state index contributed by atoms with van der Waals surface area (Å²) in [5.74, 6) is 1.19. The highest BCUT2D eigenvalue weighted by molar-refractivity contribution is 5.77. The van der Waals surface area contributed by atoms with Gasteiger partial charge in [-0.25, -0.2) is 9.98 Å². The summed E-state index contributed by atoms with van der Waals surface area (Å²) in [5.41, 5.74) is 7.44. The molecule has 0 aliphatic carbocycles. The second-order valence-electron chi connectivity index (χ2n) is 6.53. The lowest BCUT2D eigenvalue weighted by atomic mass is 9.82. The number of aromatic hydroxyl groups is 1. The number of fused-ring (bicyclic) bond motifs is 4. The molecule has 0 radical (unpaired) electrons. The number of morpholine rings is 1. The zero-order chi connectivity index (χ0) is 17.7. The van der Waals surface area contributed by atoms with Gasteiger partial charge in [0.1, 0.15) is 18.1 Å². The molecule has 8 heteroatoms. The lowest BCUT2D eigenvalue weighted by molar-refractivity contribution is 0.122. The quantitative estimate of drug-likeness (QED) is 0.796. The molecule has 3 aliphatic rings. The van der Waals surface area contributed by atoms with Crippen molar-refractivity contribution in [2.24, 2.45) is 10.7 Å². The van der Waals surface area contributed by atoms with Crippen molar-refractivity contribution in [3.8, 4) is 17.4 Å². The van der Waals surface area contributed by atoms with Crippen LogP contribution in [0, 0.1) is 0 Å². The number of anilines is 1. The van der Waals surface area contributed by atoms with E-state index in [4.69, 9.17) is 19.9 Å². The maximum absolute atomic E-state index is 9.99. The summed E-state index contributed by atoms with van der Waals surface area (Å²) < 4.78 is 16.9. The van der Waals surface area contributed by atoms with Crippen LogP contribution >= 0.6 is 0 Å². The van der Waals surface area contributed by atoms with E-state index in [9.17, 15) is 5.11 Å². The van der Waals surface area contributed by atoms with Gasteiger partial charge in [0.25, 0.3) is 6.02 Å². The minimum absolute atomic E-state index is 0.115. The van der Waals surface area contributed by atoms with Gasteiger partial charge in [0.15, 0.2) is 5.54 Å². The fourth-order valence-corrected chi connectivity index (χ4v) is 3.70. The summed E-state index contributed by atoms with van der Waals surface area (Å²) in [6, 6.07) is 7.06. The van der Waals surface area contributed by atoms with E-state index in [2.05, 4.69) is 14.9 Å². The number of aliphatic imine (C=N–C) groups is 1. The third-order valence-corrected chi connectivity index (χ3v) is 5.00. The first kappa shape index (κ1) is 15.3. The van der Waals surface area contributed by atoms with Gasteiger partial charge in [-0.2, -0.15) is 0 Å². The van der Waals surface area contributed by atoms with Crippen molar-refractivity contribution in [3.05, 3.63) is 41.6 Å². The standard InChI is InChI=1S/C18H18N4O4/c19-17-21-18(10-25-17)13-8-12(23)1-2-15(13)26-16-14(18)7-11(9-20-16)22-3-5-24-6-4-22/h1-2,7-9,23H,3-6,10H2,(H2,19,21). The Labute approximate surface area is 149 Å². The van der Waals surface area contributed by atoms with E-state index in [0.29, 0.717) is 30.4 Å². The molecule has 8 nitrogen and oxygen atoms in total. The van der Waals surface area contributed by atoms with Crippen molar-refractivity contribution in [1.82, 2.24) is 4.98 Å². The zero-order valence-corrected chi connectivity index (χ0v) is 14.0. The zero-order valence-electron chi connectivity index (χ0n) is 14.0. The van der Waals surface area contributed by atoms with Crippen molar-refractivity contribution in [2.75, 3.05) is 37.8 Å². The molecule has 5 rings (SSSR count). The number of nitrogens with zero attached hydrogens (tertiary/aromatic N) is 3. The molecule has 4 heterocycles. The third-order valence-electron chi connectivity index (χ3n) is 5.00. The second kappa shape index (κ2) is 5.50. The van der Waals surface area contributed by atoms with E-state index in [1.54, 1.807) is 24.4 Å². The van der Waals surface area contributed by atoms with Crippen LogP contribution in [0.4, 0.5) is 5.69 Å². The lowest BCUT2D eigenvalue weighted by Gasteiger charge is -2.34. The fraction of sp³-hybridized carbons (Fsp3) is 0.333. The van der Waals surface area contributed by atoms with Crippen LogP contribution in [0.15, 0.2) is 35.5 Å². The van der Waals surface area contributed by atoms with Crippen molar-refractivity contribution >= 4 is 11.7 Å². The molecule has 1 spiro atoms. The minimum Gasteiger partial charge on any atom is -0.508 e. The van der Waals surface area contributed by atoms with Gasteiger partial charge in [0, 0.05) is 18.7 Å². The molecule has 1 aromatic carbocycles. The smallest absolute Gasteiger partial charge is 0.283 e. The van der Waals surface area contributed by atoms with Crippen LogP contribution in [0.2, 0.25) is 0 Å². The Hall–Kier alpha value is -3.00. The molecule has 1 saturated heterocycles. The molecular weight excluding hydrogens is 336 g/mol. The Morgan fingerprint density at radius 2 is 2.00 bits per heavy atom. The first-order valence-corrected chi connectivity index (χ1v) is 8.48. The normalized spacial score (nSPS) is 23.7. The van der Waals surface area contributed by atoms with Gasteiger partial charge >= 0.3 is 0 Å². The highest BCUT2D eigenvalue weighted by Crippen LogP contribution is 2.51. The topological polar surface area (TPSA) is 102 Å². The van der Waals surface area contributed by atoms with Gasteiger partial charge < -0.3 is 30.0 Å². The summed E-state index contributed by atoms with van der Waals surface area (Å²) in [4.78, 5) is 11.3. The Balaban J connectivity index is 1.68. The van der Waals surface area contributed by atoms with Crippen LogP contribution in [0.25, 0.3) is 0 Å². The van der Waals surface area contributed by atoms with Crippen LogP contribution in [0.3, 0.4) is 0 Å². The Bertz CT molecular complexity index is 910. The van der Waals surface area contributed by atoms with Crippen LogP contribution in [0.1, 0.15) is 11.1 Å². The van der Waals surface area contributed by atoms with Gasteiger partial charge in [0.05, 0.1) is 30.7 Å². The van der Waals surface area contributed by atoms with Crippen molar-refractivity contribution in [3.63, 3.8) is 0 Å². The number of pyridine rings is 1. The van der Waals surface area contributed by atoms with Gasteiger partial charge in [-0.3, -0.25) is 0 Å². The first-order chi connectivity index (χ1) is 12.7. The molecule has 1 fully saturated rings. The second-order valence-corrected chi connectivity index (χ2v) is 6.53. The van der Waals surface area contributed by atoms with E-state index in [0.717, 1.165) is 24.3 Å². The largest absolute Gasteiger partial charge is 0.508 e. The van der Waals surface area contributed by atoms with Crippen molar-refractivity contribution < 1.29 is 19.3 Å². The first-order valence-electron chi connectivity index (χ1n) is 8.48. The van der Waals surface area contributed by atoms with E-state index in [1.807, 2.05) is 6.07 Å². The summed E-state index contributed by atoms with van der Waals surface area (Å²) in [6.45, 7) is 3.20. The molecule has 26 heavy (non-hydrogen) atoms. The number of hydrogen-bond donors (Lipinski definition) is 2. The fourth-order valence-electron chi connectivity index (χ4n) is 3.70. The number of nitrogens with two attached hydrogens (primary N) is 1. The maximum Gasteiger partial charge on any atom is 0.283 e. The molecule has 0 saturated carbocycles. The Kier molecular flexibility index (Phi) is 3.23. The molecule has 134 valence electrons. The van der Waals surface area contributed by atoms with Crippen molar-refractivity contribution in [1.29, 1.82) is 0 Å². The minimum atomic E-state index is -0.874. The number of hydrogen-bond acceptors (Lipinski definition) is 8. The maximum atomic E-state index is 9.99. The predicted molar refractivity (Wildman–Crippen MR) is 93.8 cm³/mol. The summed E-state index contributed by atoms with van der Waals surface area (Å²) in [5, 5.41) is 9.99. The number of ether oxygens (including phenoxy) is 3.